The maximum Gasteiger partial charge on any atom is 0.336 e. The molecule has 0 aliphatic rings. The van der Waals surface area contributed by atoms with Crippen LogP contribution in [0.3, 0.4) is 0 Å². The van der Waals surface area contributed by atoms with E-state index in [4.69, 9.17) is 20.8 Å². The molecule has 4 rings (SSSR count). The van der Waals surface area contributed by atoms with E-state index in [1.807, 2.05) is 30.3 Å². The lowest BCUT2D eigenvalue weighted by atomic mass is 10.0. The number of Topliss-reactive ketones (excluding diaryl/α,β-unsaturated/α-hetero) is 1. The molecule has 6 nitrogen and oxygen atoms in total. The van der Waals surface area contributed by atoms with Gasteiger partial charge in [0, 0.05) is 28.8 Å². The zero-order valence-electron chi connectivity index (χ0n) is 17.9. The number of carbonyl (C=O) groups is 2. The van der Waals surface area contributed by atoms with Crippen LogP contribution < -0.4 is 15.7 Å². The third-order valence-corrected chi connectivity index (χ3v) is 5.41. The second kappa shape index (κ2) is 9.30. The first-order valence-corrected chi connectivity index (χ1v) is 10.6. The van der Waals surface area contributed by atoms with Gasteiger partial charge < -0.3 is 14.5 Å². The van der Waals surface area contributed by atoms with E-state index >= 15 is 0 Å². The van der Waals surface area contributed by atoms with E-state index < -0.39 is 17.6 Å². The first kappa shape index (κ1) is 22.3. The quantitative estimate of drug-likeness (QED) is 0.293. The predicted octanol–water partition coefficient (Wildman–Crippen LogP) is 5.72. The van der Waals surface area contributed by atoms with Crippen LogP contribution in [-0.4, -0.2) is 17.8 Å². The highest BCUT2D eigenvalue weighted by Crippen LogP contribution is 2.35. The van der Waals surface area contributed by atoms with Crippen molar-refractivity contribution in [3.63, 3.8) is 0 Å². The molecule has 1 unspecified atom stereocenters. The molecule has 4 aromatic rings. The number of amides is 1. The largest absolute Gasteiger partial charge is 0.479 e. The van der Waals surface area contributed by atoms with Crippen LogP contribution in [0.25, 0.3) is 22.1 Å². The second-order valence-electron chi connectivity index (χ2n) is 7.51. The second-order valence-corrected chi connectivity index (χ2v) is 7.91. The van der Waals surface area contributed by atoms with Crippen molar-refractivity contribution in [1.29, 1.82) is 0 Å². The molecule has 1 atom stereocenters. The first-order chi connectivity index (χ1) is 15.8. The van der Waals surface area contributed by atoms with Crippen LogP contribution in [0, 0.1) is 0 Å². The number of carbonyl (C=O) groups excluding carboxylic acids is 2. The van der Waals surface area contributed by atoms with Crippen LogP contribution in [0.1, 0.15) is 24.2 Å². The summed E-state index contributed by atoms with van der Waals surface area (Å²) in [4.78, 5) is 36.1. The summed E-state index contributed by atoms with van der Waals surface area (Å²) < 4.78 is 11.1. The van der Waals surface area contributed by atoms with E-state index in [2.05, 4.69) is 5.32 Å². The molecule has 3 aromatic carbocycles. The number of rotatable bonds is 6. The third kappa shape index (κ3) is 4.96. The molecule has 0 aliphatic heterocycles. The molecule has 166 valence electrons. The van der Waals surface area contributed by atoms with Crippen LogP contribution in [0.4, 0.5) is 5.69 Å². The van der Waals surface area contributed by atoms with Gasteiger partial charge >= 0.3 is 5.63 Å². The fraction of sp³-hybridized carbons (Fsp3) is 0.115. The minimum absolute atomic E-state index is 0.0578. The molecule has 0 radical (unpaired) electrons. The summed E-state index contributed by atoms with van der Waals surface area (Å²) in [5, 5.41) is 3.66. The Morgan fingerprint density at radius 2 is 1.70 bits per heavy atom. The van der Waals surface area contributed by atoms with Crippen LogP contribution in [0.5, 0.6) is 5.75 Å². The smallest absolute Gasteiger partial charge is 0.336 e. The van der Waals surface area contributed by atoms with E-state index in [-0.39, 0.29) is 16.6 Å². The maximum atomic E-state index is 12.6. The predicted molar refractivity (Wildman–Crippen MR) is 128 cm³/mol. The van der Waals surface area contributed by atoms with Gasteiger partial charge in [-0.15, -0.1) is 0 Å². The van der Waals surface area contributed by atoms with E-state index in [9.17, 15) is 14.4 Å². The van der Waals surface area contributed by atoms with Crippen molar-refractivity contribution in [2.24, 2.45) is 0 Å². The van der Waals surface area contributed by atoms with Gasteiger partial charge in [0.2, 0.25) is 0 Å². The number of ether oxygens (including phenoxy) is 1. The van der Waals surface area contributed by atoms with Gasteiger partial charge in [-0.05, 0) is 55.3 Å². The Kier molecular flexibility index (Phi) is 6.29. The summed E-state index contributed by atoms with van der Waals surface area (Å²) in [7, 11) is 0. The number of benzene rings is 3. The summed E-state index contributed by atoms with van der Waals surface area (Å²) in [6.07, 6.45) is -0.892. The average molecular weight is 462 g/mol. The van der Waals surface area contributed by atoms with Crippen LogP contribution in [0.15, 0.2) is 82.0 Å². The third-order valence-electron chi connectivity index (χ3n) is 5.11. The Balaban J connectivity index is 1.58. The Bertz CT molecular complexity index is 1390. The summed E-state index contributed by atoms with van der Waals surface area (Å²) in [6, 6.07) is 20.6. The summed E-state index contributed by atoms with van der Waals surface area (Å²) in [5.41, 5.74) is 2.42. The maximum absolute atomic E-state index is 12.6. The van der Waals surface area contributed by atoms with Crippen molar-refractivity contribution < 1.29 is 18.7 Å². The van der Waals surface area contributed by atoms with Crippen molar-refractivity contribution in [3.05, 3.63) is 93.8 Å². The molecule has 7 heteroatoms. The van der Waals surface area contributed by atoms with Crippen molar-refractivity contribution in [3.8, 4) is 16.9 Å². The fourth-order valence-electron chi connectivity index (χ4n) is 3.39. The standard InChI is InChI=1S/C26H20ClNO5/c1-15(29)17-8-10-19(11-9-17)28-26(31)16(2)32-24-14-23-21(12-22(24)27)20(13-25(30)33-23)18-6-4-3-5-7-18/h3-14,16H,1-2H3,(H,28,31). The molecule has 1 heterocycles. The monoisotopic (exact) mass is 461 g/mol. The lowest BCUT2D eigenvalue weighted by Gasteiger charge is -2.16. The van der Waals surface area contributed by atoms with Crippen LogP contribution in [-0.2, 0) is 4.79 Å². The zero-order valence-corrected chi connectivity index (χ0v) is 18.7. The van der Waals surface area contributed by atoms with Gasteiger partial charge in [0.05, 0.1) is 5.02 Å². The van der Waals surface area contributed by atoms with Gasteiger partial charge in [-0.1, -0.05) is 41.9 Å². The molecule has 33 heavy (non-hydrogen) atoms. The molecule has 0 fully saturated rings. The van der Waals surface area contributed by atoms with Gasteiger partial charge in [0.15, 0.2) is 11.9 Å². The van der Waals surface area contributed by atoms with E-state index in [1.54, 1.807) is 37.3 Å². The van der Waals surface area contributed by atoms with Gasteiger partial charge in [-0.25, -0.2) is 4.79 Å². The van der Waals surface area contributed by atoms with E-state index in [1.165, 1.54) is 19.1 Å². The van der Waals surface area contributed by atoms with Crippen LogP contribution >= 0.6 is 11.6 Å². The lowest BCUT2D eigenvalue weighted by molar-refractivity contribution is -0.122. The molecule has 0 aliphatic carbocycles. The topological polar surface area (TPSA) is 85.6 Å². The molecule has 0 saturated heterocycles. The van der Waals surface area contributed by atoms with E-state index in [0.717, 1.165) is 5.56 Å². The normalized spacial score (nSPS) is 11.7. The van der Waals surface area contributed by atoms with Gasteiger partial charge in [0.1, 0.15) is 11.3 Å². The SMILES string of the molecule is CC(=O)c1ccc(NC(=O)C(C)Oc2cc3oc(=O)cc(-c4ccccc4)c3cc2Cl)cc1. The van der Waals surface area contributed by atoms with Gasteiger partial charge in [-0.2, -0.15) is 0 Å². The molecule has 0 bridgehead atoms. The Morgan fingerprint density at radius 1 is 1.00 bits per heavy atom. The molecule has 1 amide bonds. The molecular formula is C26H20ClNO5. The molecule has 1 aromatic heterocycles. The average Bonchev–Trinajstić information content (AvgIpc) is 2.80. The highest BCUT2D eigenvalue weighted by molar-refractivity contribution is 6.33. The van der Waals surface area contributed by atoms with Gasteiger partial charge in [-0.3, -0.25) is 9.59 Å². The number of nitrogens with one attached hydrogen (secondary N) is 1. The molecular weight excluding hydrogens is 442 g/mol. The van der Waals surface area contributed by atoms with Gasteiger partial charge in [0.25, 0.3) is 5.91 Å². The number of fused-ring (bicyclic) bond motifs is 1. The number of ketones is 1. The van der Waals surface area contributed by atoms with Crippen LogP contribution in [0.2, 0.25) is 5.02 Å². The summed E-state index contributed by atoms with van der Waals surface area (Å²) in [5.74, 6) is -0.245. The summed E-state index contributed by atoms with van der Waals surface area (Å²) in [6.45, 7) is 3.05. The number of hydrogen-bond acceptors (Lipinski definition) is 5. The number of anilines is 1. The van der Waals surface area contributed by atoms with Crippen molar-refractivity contribution >= 4 is 39.9 Å². The van der Waals surface area contributed by atoms with Crippen molar-refractivity contribution in [2.45, 2.75) is 20.0 Å². The summed E-state index contributed by atoms with van der Waals surface area (Å²) >= 11 is 6.45. The number of halogens is 1. The molecule has 0 saturated carbocycles. The Hall–Kier alpha value is -3.90. The Morgan fingerprint density at radius 3 is 2.36 bits per heavy atom. The number of hydrogen-bond donors (Lipinski definition) is 1. The minimum Gasteiger partial charge on any atom is -0.479 e. The Labute approximate surface area is 194 Å². The lowest BCUT2D eigenvalue weighted by Crippen LogP contribution is -2.30. The zero-order chi connectivity index (χ0) is 23.5. The van der Waals surface area contributed by atoms with E-state index in [0.29, 0.717) is 27.8 Å². The fourth-order valence-corrected chi connectivity index (χ4v) is 3.59. The molecule has 1 N–H and O–H groups in total. The minimum atomic E-state index is -0.892. The van der Waals surface area contributed by atoms with Crippen molar-refractivity contribution in [1.82, 2.24) is 0 Å². The highest BCUT2D eigenvalue weighted by atomic mass is 35.5. The first-order valence-electron chi connectivity index (χ1n) is 10.2. The highest BCUT2D eigenvalue weighted by Gasteiger charge is 2.19. The van der Waals surface area contributed by atoms with Crippen molar-refractivity contribution in [2.75, 3.05) is 5.32 Å². The molecule has 0 spiro atoms.